The minimum Gasteiger partial charge on any atom is -0.115 e. The number of benzene rings is 1. The number of rotatable bonds is 2. The van der Waals surface area contributed by atoms with Gasteiger partial charge in [0.05, 0.1) is 5.88 Å². The monoisotopic (exact) mass is 152 g/mol. The van der Waals surface area contributed by atoms with E-state index in [0.29, 0.717) is 0 Å². The van der Waals surface area contributed by atoms with Crippen LogP contribution in [-0.2, 0) is 0 Å². The summed E-state index contributed by atoms with van der Waals surface area (Å²) in [7, 11) is 0. The number of hydrogen-bond acceptors (Lipinski definition) is 0. The van der Waals surface area contributed by atoms with Gasteiger partial charge in [-0.2, -0.15) is 0 Å². The highest BCUT2D eigenvalue weighted by Crippen LogP contribution is 2.18. The molecular weight excluding hydrogens is 144 g/mol. The van der Waals surface area contributed by atoms with Crippen molar-refractivity contribution in [3.8, 4) is 0 Å². The van der Waals surface area contributed by atoms with Crippen molar-refractivity contribution in [2.24, 2.45) is 0 Å². The van der Waals surface area contributed by atoms with Crippen molar-refractivity contribution in [3.05, 3.63) is 41.8 Å². The van der Waals surface area contributed by atoms with E-state index in [-0.39, 0.29) is 5.92 Å². The van der Waals surface area contributed by atoms with Crippen LogP contribution in [-0.4, -0.2) is 0 Å². The summed E-state index contributed by atoms with van der Waals surface area (Å²) in [5, 5.41) is 0. The molecular formula is C9H9Cl. The van der Waals surface area contributed by atoms with E-state index in [9.17, 15) is 0 Å². The van der Waals surface area contributed by atoms with Gasteiger partial charge in [-0.25, -0.2) is 0 Å². The fourth-order valence-electron chi connectivity index (χ4n) is 0.805. The van der Waals surface area contributed by atoms with Crippen molar-refractivity contribution >= 4 is 11.6 Å². The summed E-state index contributed by atoms with van der Waals surface area (Å²) < 4.78 is 0. The van der Waals surface area contributed by atoms with Gasteiger partial charge in [-0.15, -0.1) is 11.6 Å². The Balaban J connectivity index is 2.75. The molecule has 0 saturated carbocycles. The first-order valence-electron chi connectivity index (χ1n) is 3.25. The molecule has 52 valence electrons. The van der Waals surface area contributed by atoms with Crippen molar-refractivity contribution in [2.75, 3.05) is 0 Å². The topological polar surface area (TPSA) is 0 Å². The van der Waals surface area contributed by atoms with Gasteiger partial charge in [-0.05, 0) is 5.56 Å². The van der Waals surface area contributed by atoms with Crippen LogP contribution >= 0.6 is 11.6 Å². The molecule has 0 aliphatic carbocycles. The van der Waals surface area contributed by atoms with Crippen LogP contribution in [0.25, 0.3) is 0 Å². The lowest BCUT2D eigenvalue weighted by Gasteiger charge is -2.04. The summed E-state index contributed by atoms with van der Waals surface area (Å²) in [6, 6.07) is 10.1. The second-order valence-electron chi connectivity index (χ2n) is 2.24. The molecule has 0 spiro atoms. The number of halogens is 1. The molecule has 1 aromatic rings. The van der Waals surface area contributed by atoms with E-state index in [4.69, 9.17) is 11.6 Å². The Morgan fingerprint density at radius 2 is 1.90 bits per heavy atom. The maximum atomic E-state index is 5.44. The minimum absolute atomic E-state index is 0.225. The van der Waals surface area contributed by atoms with Crippen molar-refractivity contribution < 1.29 is 0 Å². The van der Waals surface area contributed by atoms with Gasteiger partial charge in [0, 0.05) is 5.92 Å². The average molecular weight is 153 g/mol. The highest BCUT2D eigenvalue weighted by molar-refractivity contribution is 6.23. The molecule has 0 fully saturated rings. The zero-order valence-corrected chi connectivity index (χ0v) is 6.60. The Bertz CT molecular complexity index is 181. The molecule has 0 amide bonds. The van der Waals surface area contributed by atoms with E-state index in [1.54, 1.807) is 0 Å². The van der Waals surface area contributed by atoms with Gasteiger partial charge >= 0.3 is 0 Å². The van der Waals surface area contributed by atoms with E-state index in [0.717, 1.165) is 0 Å². The zero-order valence-electron chi connectivity index (χ0n) is 5.84. The summed E-state index contributed by atoms with van der Waals surface area (Å²) in [6.07, 6.45) is 0. The Hall–Kier alpha value is -0.490. The van der Waals surface area contributed by atoms with E-state index >= 15 is 0 Å². The summed E-state index contributed by atoms with van der Waals surface area (Å²) in [5.41, 5.74) is 1.21. The van der Waals surface area contributed by atoms with E-state index in [1.807, 2.05) is 37.3 Å². The fraction of sp³-hybridized carbons (Fsp3) is 0.222. The molecule has 1 atom stereocenters. The first kappa shape index (κ1) is 7.62. The summed E-state index contributed by atoms with van der Waals surface area (Å²) >= 11 is 5.44. The van der Waals surface area contributed by atoms with Gasteiger partial charge in [-0.1, -0.05) is 37.3 Å². The first-order valence-corrected chi connectivity index (χ1v) is 3.63. The Kier molecular flexibility index (Phi) is 2.76. The lowest BCUT2D eigenvalue weighted by molar-refractivity contribution is 0.943. The van der Waals surface area contributed by atoms with Gasteiger partial charge in [-0.3, -0.25) is 0 Å². The maximum absolute atomic E-state index is 5.44. The van der Waals surface area contributed by atoms with Crippen molar-refractivity contribution in [2.45, 2.75) is 12.8 Å². The van der Waals surface area contributed by atoms with Gasteiger partial charge in [0.2, 0.25) is 0 Å². The third kappa shape index (κ3) is 1.74. The predicted molar refractivity (Wildman–Crippen MR) is 44.0 cm³/mol. The molecule has 1 heteroatoms. The van der Waals surface area contributed by atoms with E-state index < -0.39 is 0 Å². The molecule has 2 radical (unpaired) electrons. The molecule has 0 aliphatic heterocycles. The van der Waals surface area contributed by atoms with Crippen LogP contribution in [0.3, 0.4) is 0 Å². The largest absolute Gasteiger partial charge is 0.115 e. The molecule has 0 bridgehead atoms. The quantitative estimate of drug-likeness (QED) is 0.611. The van der Waals surface area contributed by atoms with Crippen LogP contribution in [0.2, 0.25) is 0 Å². The third-order valence-corrected chi connectivity index (χ3v) is 1.79. The maximum Gasteiger partial charge on any atom is 0.0942 e. The molecule has 0 N–H and O–H groups in total. The molecule has 0 aliphatic rings. The fourth-order valence-corrected chi connectivity index (χ4v) is 0.931. The minimum atomic E-state index is 0.225. The number of hydrogen-bond donors (Lipinski definition) is 0. The standard InChI is InChI=1S/C9H9Cl/c1-8(7-10)9-5-3-2-4-6-9/h2-6,8H,1H3. The second kappa shape index (κ2) is 3.62. The normalized spacial score (nSPS) is 13.0. The summed E-state index contributed by atoms with van der Waals surface area (Å²) in [4.78, 5) is 0. The Morgan fingerprint density at radius 3 is 2.40 bits per heavy atom. The van der Waals surface area contributed by atoms with E-state index in [2.05, 4.69) is 5.88 Å². The van der Waals surface area contributed by atoms with Crippen molar-refractivity contribution in [1.82, 2.24) is 0 Å². The molecule has 1 aromatic carbocycles. The van der Waals surface area contributed by atoms with Crippen molar-refractivity contribution in [1.29, 1.82) is 0 Å². The van der Waals surface area contributed by atoms with Crippen LogP contribution in [0, 0.1) is 5.88 Å². The van der Waals surface area contributed by atoms with Gasteiger partial charge < -0.3 is 0 Å². The molecule has 1 rings (SSSR count). The molecule has 10 heavy (non-hydrogen) atoms. The van der Waals surface area contributed by atoms with Crippen LogP contribution in [0.1, 0.15) is 18.4 Å². The highest BCUT2D eigenvalue weighted by atomic mass is 35.5. The van der Waals surface area contributed by atoms with Crippen molar-refractivity contribution in [3.63, 3.8) is 0 Å². The van der Waals surface area contributed by atoms with Crippen LogP contribution in [0.4, 0.5) is 0 Å². The van der Waals surface area contributed by atoms with Crippen LogP contribution in [0.5, 0.6) is 0 Å². The van der Waals surface area contributed by atoms with Crippen LogP contribution in [0.15, 0.2) is 30.3 Å². The molecule has 0 heterocycles. The molecule has 0 nitrogen and oxygen atoms in total. The molecule has 1 unspecified atom stereocenters. The Labute approximate surface area is 66.8 Å². The van der Waals surface area contributed by atoms with Gasteiger partial charge in [0.25, 0.3) is 0 Å². The first-order chi connectivity index (χ1) is 4.84. The predicted octanol–water partition coefficient (Wildman–Crippen LogP) is 3.07. The van der Waals surface area contributed by atoms with Crippen LogP contribution < -0.4 is 0 Å². The lowest BCUT2D eigenvalue weighted by atomic mass is 10.0. The Morgan fingerprint density at radius 1 is 1.30 bits per heavy atom. The third-order valence-electron chi connectivity index (χ3n) is 1.46. The molecule has 0 aromatic heterocycles. The second-order valence-corrected chi connectivity index (χ2v) is 2.46. The van der Waals surface area contributed by atoms with Gasteiger partial charge in [0.15, 0.2) is 0 Å². The molecule has 0 saturated heterocycles. The zero-order chi connectivity index (χ0) is 7.40. The van der Waals surface area contributed by atoms with Gasteiger partial charge in [0.1, 0.15) is 0 Å². The SMILES string of the molecule is CC([C]Cl)c1ccccc1. The lowest BCUT2D eigenvalue weighted by Crippen LogP contribution is -1.88. The summed E-state index contributed by atoms with van der Waals surface area (Å²) in [5.74, 6) is 2.88. The smallest absolute Gasteiger partial charge is 0.0942 e. The van der Waals surface area contributed by atoms with E-state index in [1.165, 1.54) is 5.56 Å². The summed E-state index contributed by atoms with van der Waals surface area (Å²) in [6.45, 7) is 2.02. The highest BCUT2D eigenvalue weighted by Gasteiger charge is 2.01. The average Bonchev–Trinajstić information content (AvgIpc) is 2.05.